The number of benzene rings is 3. The van der Waals surface area contributed by atoms with Crippen LogP contribution in [0.1, 0.15) is 21.6 Å². The second kappa shape index (κ2) is 9.20. The van der Waals surface area contributed by atoms with Gasteiger partial charge in [0.2, 0.25) is 0 Å². The topological polar surface area (TPSA) is 79.9 Å². The van der Waals surface area contributed by atoms with E-state index < -0.39 is 0 Å². The van der Waals surface area contributed by atoms with Gasteiger partial charge in [0, 0.05) is 35.6 Å². The highest BCUT2D eigenvalue weighted by molar-refractivity contribution is 6.04. The number of aromatic amines is 1. The Balaban J connectivity index is 1.31. The fraction of sp³-hybridized carbons (Fsp3) is 0. The Kier molecular flexibility index (Phi) is 5.63. The average molecular weight is 432 g/mol. The third-order valence-corrected chi connectivity index (χ3v) is 5.05. The number of amides is 1. The molecule has 3 aromatic carbocycles. The molecule has 0 atom stereocenters. The molecular weight excluding hydrogens is 412 g/mol. The Labute approximate surface area is 190 Å². The van der Waals surface area contributed by atoms with E-state index in [1.807, 2.05) is 78.9 Å². The highest BCUT2D eigenvalue weighted by Crippen LogP contribution is 2.28. The van der Waals surface area contributed by atoms with Crippen LogP contribution in [0, 0.1) is 0 Å². The second-order valence-electron chi connectivity index (χ2n) is 7.39. The van der Waals surface area contributed by atoms with Gasteiger partial charge in [-0.15, -0.1) is 0 Å². The Morgan fingerprint density at radius 2 is 1.76 bits per heavy atom. The third-order valence-electron chi connectivity index (χ3n) is 5.05. The second-order valence-corrected chi connectivity index (χ2v) is 7.39. The van der Waals surface area contributed by atoms with Crippen LogP contribution in [0.25, 0.3) is 23.1 Å². The number of nitrogens with zero attached hydrogens (tertiary/aromatic N) is 2. The Morgan fingerprint density at radius 1 is 0.879 bits per heavy atom. The van der Waals surface area contributed by atoms with E-state index >= 15 is 0 Å². The van der Waals surface area contributed by atoms with Crippen LogP contribution in [0.4, 0.5) is 5.69 Å². The number of carbonyl (C=O) groups excluding carboxylic acids is 1. The molecule has 0 aliphatic carbocycles. The van der Waals surface area contributed by atoms with E-state index in [9.17, 15) is 4.79 Å². The molecule has 0 saturated carbocycles. The van der Waals surface area contributed by atoms with Crippen molar-refractivity contribution in [3.63, 3.8) is 0 Å². The number of anilines is 1. The molecule has 0 aliphatic heterocycles. The third kappa shape index (κ3) is 4.80. The first kappa shape index (κ1) is 20.2. The van der Waals surface area contributed by atoms with Crippen molar-refractivity contribution in [1.82, 2.24) is 15.2 Å². The Morgan fingerprint density at radius 3 is 2.61 bits per heavy atom. The molecule has 160 valence electrons. The van der Waals surface area contributed by atoms with Gasteiger partial charge in [0.05, 0.1) is 16.8 Å². The number of hydrogen-bond acceptors (Lipinski definition) is 4. The largest absolute Gasteiger partial charge is 0.457 e. The van der Waals surface area contributed by atoms with Crippen molar-refractivity contribution in [1.29, 1.82) is 0 Å². The highest BCUT2D eigenvalue weighted by Gasteiger charge is 2.08. The van der Waals surface area contributed by atoms with Crippen molar-refractivity contribution in [2.75, 3.05) is 5.32 Å². The van der Waals surface area contributed by atoms with Crippen LogP contribution in [0.15, 0.2) is 97.3 Å². The molecule has 5 aromatic rings. The van der Waals surface area contributed by atoms with Gasteiger partial charge in [0.15, 0.2) is 0 Å². The number of fused-ring (bicyclic) bond motifs is 1. The van der Waals surface area contributed by atoms with E-state index in [4.69, 9.17) is 4.74 Å². The highest BCUT2D eigenvalue weighted by atomic mass is 16.5. The van der Waals surface area contributed by atoms with Gasteiger partial charge >= 0.3 is 0 Å². The maximum Gasteiger partial charge on any atom is 0.257 e. The molecule has 1 amide bonds. The molecule has 33 heavy (non-hydrogen) atoms. The van der Waals surface area contributed by atoms with Crippen LogP contribution >= 0.6 is 0 Å². The number of ether oxygens (including phenoxy) is 1. The maximum absolute atomic E-state index is 12.4. The molecule has 0 radical (unpaired) electrons. The predicted molar refractivity (Wildman–Crippen MR) is 130 cm³/mol. The van der Waals surface area contributed by atoms with Crippen LogP contribution in [0.5, 0.6) is 11.5 Å². The van der Waals surface area contributed by atoms with Crippen LogP contribution in [0.3, 0.4) is 0 Å². The molecule has 6 heteroatoms. The van der Waals surface area contributed by atoms with Crippen LogP contribution in [-0.4, -0.2) is 21.1 Å². The van der Waals surface area contributed by atoms with E-state index in [-0.39, 0.29) is 5.91 Å². The summed E-state index contributed by atoms with van der Waals surface area (Å²) in [6, 6.07) is 26.6. The summed E-state index contributed by atoms with van der Waals surface area (Å²) < 4.78 is 6.02. The van der Waals surface area contributed by atoms with Gasteiger partial charge < -0.3 is 10.1 Å². The molecule has 6 nitrogen and oxygen atoms in total. The first-order valence-corrected chi connectivity index (χ1v) is 10.5. The SMILES string of the molecule is O=C(Nc1cccc(Oc2ccc3c(C=Cc4ccccc4)n[nH]c3c2)c1)c1cccnc1. The van der Waals surface area contributed by atoms with Crippen LogP contribution < -0.4 is 10.1 Å². The van der Waals surface area contributed by atoms with E-state index in [1.165, 1.54) is 6.20 Å². The van der Waals surface area contributed by atoms with Crippen molar-refractivity contribution in [3.8, 4) is 11.5 Å². The molecule has 2 N–H and O–H groups in total. The molecule has 2 aromatic heterocycles. The molecule has 0 spiro atoms. The van der Waals surface area contributed by atoms with Gasteiger partial charge in [-0.3, -0.25) is 14.9 Å². The van der Waals surface area contributed by atoms with E-state index in [2.05, 4.69) is 20.5 Å². The van der Waals surface area contributed by atoms with Gasteiger partial charge in [0.25, 0.3) is 5.91 Å². The van der Waals surface area contributed by atoms with Gasteiger partial charge in [-0.2, -0.15) is 5.10 Å². The van der Waals surface area contributed by atoms with E-state index in [1.54, 1.807) is 24.4 Å². The Hall–Kier alpha value is -4.71. The van der Waals surface area contributed by atoms with E-state index in [0.717, 1.165) is 22.2 Å². The number of hydrogen-bond donors (Lipinski definition) is 2. The first-order chi connectivity index (χ1) is 16.2. The monoisotopic (exact) mass is 432 g/mol. The lowest BCUT2D eigenvalue weighted by atomic mass is 10.1. The summed E-state index contributed by atoms with van der Waals surface area (Å²) in [4.78, 5) is 16.3. The minimum absolute atomic E-state index is 0.227. The summed E-state index contributed by atoms with van der Waals surface area (Å²) in [5, 5.41) is 11.3. The lowest BCUT2D eigenvalue weighted by molar-refractivity contribution is 0.102. The van der Waals surface area contributed by atoms with Crippen molar-refractivity contribution < 1.29 is 9.53 Å². The number of H-pyrrole nitrogens is 1. The zero-order valence-electron chi connectivity index (χ0n) is 17.6. The first-order valence-electron chi connectivity index (χ1n) is 10.5. The summed E-state index contributed by atoms with van der Waals surface area (Å²) in [6.45, 7) is 0. The van der Waals surface area contributed by atoms with Crippen molar-refractivity contribution in [2.45, 2.75) is 0 Å². The van der Waals surface area contributed by atoms with Crippen LogP contribution in [-0.2, 0) is 0 Å². The van der Waals surface area contributed by atoms with Crippen molar-refractivity contribution in [3.05, 3.63) is 114 Å². The smallest absolute Gasteiger partial charge is 0.257 e. The molecule has 0 bridgehead atoms. The molecule has 0 aliphatic rings. The maximum atomic E-state index is 12.4. The molecule has 0 fully saturated rings. The number of carbonyl (C=O) groups is 1. The van der Waals surface area contributed by atoms with Gasteiger partial charge in [-0.05, 0) is 48.0 Å². The summed E-state index contributed by atoms with van der Waals surface area (Å²) >= 11 is 0. The minimum atomic E-state index is -0.227. The van der Waals surface area contributed by atoms with Gasteiger partial charge in [-0.25, -0.2) is 0 Å². The van der Waals surface area contributed by atoms with Crippen molar-refractivity contribution in [2.24, 2.45) is 0 Å². The fourth-order valence-electron chi connectivity index (χ4n) is 3.42. The summed E-state index contributed by atoms with van der Waals surface area (Å²) in [5.74, 6) is 1.05. The summed E-state index contributed by atoms with van der Waals surface area (Å²) in [5.41, 5.74) is 3.98. The zero-order valence-corrected chi connectivity index (χ0v) is 17.6. The number of aromatic nitrogens is 3. The quantitative estimate of drug-likeness (QED) is 0.336. The molecule has 0 saturated heterocycles. The Bertz CT molecular complexity index is 1430. The lowest BCUT2D eigenvalue weighted by Gasteiger charge is -2.09. The molecule has 5 rings (SSSR count). The number of pyridine rings is 1. The standard InChI is InChI=1S/C27H20N4O2/c32-27(20-8-5-15-28-18-20)29-21-9-4-10-22(16-21)33-23-12-13-24-25(30-31-26(24)17-23)14-11-19-6-2-1-3-7-19/h1-18H,(H,29,32)(H,30,31). The lowest BCUT2D eigenvalue weighted by Crippen LogP contribution is -2.11. The zero-order chi connectivity index (χ0) is 22.5. The predicted octanol–water partition coefficient (Wildman–Crippen LogP) is 6.17. The summed E-state index contributed by atoms with van der Waals surface area (Å²) in [6.07, 6.45) is 7.18. The number of rotatable bonds is 6. The number of nitrogens with one attached hydrogen (secondary N) is 2. The van der Waals surface area contributed by atoms with Gasteiger partial charge in [-0.1, -0.05) is 42.5 Å². The van der Waals surface area contributed by atoms with E-state index in [0.29, 0.717) is 22.7 Å². The molecular formula is C27H20N4O2. The van der Waals surface area contributed by atoms with Crippen molar-refractivity contribution >= 4 is 34.6 Å². The summed E-state index contributed by atoms with van der Waals surface area (Å²) in [7, 11) is 0. The van der Waals surface area contributed by atoms with Crippen LogP contribution in [0.2, 0.25) is 0 Å². The average Bonchev–Trinajstić information content (AvgIpc) is 3.26. The fourth-order valence-corrected chi connectivity index (χ4v) is 3.42. The molecule has 2 heterocycles. The minimum Gasteiger partial charge on any atom is -0.457 e. The normalized spacial score (nSPS) is 11.0. The van der Waals surface area contributed by atoms with Gasteiger partial charge in [0.1, 0.15) is 11.5 Å². The molecule has 0 unspecified atom stereocenters.